The Morgan fingerprint density at radius 3 is 2.50 bits per heavy atom. The lowest BCUT2D eigenvalue weighted by Gasteiger charge is -2.28. The van der Waals surface area contributed by atoms with Crippen LogP contribution >= 0.6 is 0 Å². The van der Waals surface area contributed by atoms with Gasteiger partial charge >= 0.3 is 12.0 Å². The molecule has 0 spiro atoms. The Bertz CT molecular complexity index is 809. The Morgan fingerprint density at radius 2 is 1.88 bits per heavy atom. The summed E-state index contributed by atoms with van der Waals surface area (Å²) in [6, 6.07) is 10.5. The molecule has 2 aromatic rings. The van der Waals surface area contributed by atoms with E-state index in [9.17, 15) is 14.4 Å². The third-order valence-corrected chi connectivity index (χ3v) is 3.58. The van der Waals surface area contributed by atoms with Crippen molar-refractivity contribution in [2.45, 2.75) is 6.04 Å². The second-order valence-electron chi connectivity index (χ2n) is 5.03. The molecule has 7 nitrogen and oxygen atoms in total. The second kappa shape index (κ2) is 6.41. The Kier molecular flexibility index (Phi) is 4.15. The SMILES string of the molecule is COC(=O)C1=C(C(=O)c2ccco2)[C@H](c2ccccc2)NC(=O)N1. The molecule has 0 aliphatic carbocycles. The van der Waals surface area contributed by atoms with Gasteiger partial charge in [0.2, 0.25) is 5.78 Å². The predicted molar refractivity (Wildman–Crippen MR) is 82.9 cm³/mol. The van der Waals surface area contributed by atoms with Crippen molar-refractivity contribution in [3.05, 3.63) is 71.3 Å². The van der Waals surface area contributed by atoms with Crippen LogP contribution in [-0.2, 0) is 9.53 Å². The minimum atomic E-state index is -0.805. The lowest BCUT2D eigenvalue weighted by molar-refractivity contribution is -0.136. The molecule has 0 fully saturated rings. The average molecular weight is 326 g/mol. The van der Waals surface area contributed by atoms with Crippen molar-refractivity contribution in [2.75, 3.05) is 7.11 Å². The molecule has 0 saturated carbocycles. The van der Waals surface area contributed by atoms with Gasteiger partial charge in [-0.05, 0) is 17.7 Å². The van der Waals surface area contributed by atoms with Crippen LogP contribution in [0.2, 0.25) is 0 Å². The summed E-state index contributed by atoms with van der Waals surface area (Å²) in [5.74, 6) is -1.26. The number of methoxy groups -OCH3 is 1. The number of ether oxygens (including phenoxy) is 1. The van der Waals surface area contributed by atoms with E-state index in [4.69, 9.17) is 9.15 Å². The molecular weight excluding hydrogens is 312 g/mol. The van der Waals surface area contributed by atoms with Crippen LogP contribution in [0.3, 0.4) is 0 Å². The molecule has 1 atom stereocenters. The van der Waals surface area contributed by atoms with Crippen molar-refractivity contribution in [3.63, 3.8) is 0 Å². The van der Waals surface area contributed by atoms with Gasteiger partial charge in [0.15, 0.2) is 5.76 Å². The summed E-state index contributed by atoms with van der Waals surface area (Å²) in [6.07, 6.45) is 1.36. The number of Topliss-reactive ketones (excluding diaryl/α,β-unsaturated/α-hetero) is 1. The van der Waals surface area contributed by atoms with Gasteiger partial charge < -0.3 is 19.8 Å². The van der Waals surface area contributed by atoms with Crippen LogP contribution in [0.5, 0.6) is 0 Å². The normalized spacial score (nSPS) is 17.0. The molecule has 3 rings (SSSR count). The fourth-order valence-corrected chi connectivity index (χ4v) is 2.51. The lowest BCUT2D eigenvalue weighted by atomic mass is 9.91. The van der Waals surface area contributed by atoms with Crippen LogP contribution in [0, 0.1) is 0 Å². The maximum absolute atomic E-state index is 12.8. The Hall–Kier alpha value is -3.35. The first-order chi connectivity index (χ1) is 11.6. The van der Waals surface area contributed by atoms with Crippen LogP contribution in [0.25, 0.3) is 0 Å². The Morgan fingerprint density at radius 1 is 1.12 bits per heavy atom. The summed E-state index contributed by atoms with van der Waals surface area (Å²) in [4.78, 5) is 36.8. The molecule has 1 aromatic carbocycles. The molecule has 2 N–H and O–H groups in total. The predicted octanol–water partition coefficient (Wildman–Crippen LogP) is 1.94. The van der Waals surface area contributed by atoms with Crippen molar-refractivity contribution >= 4 is 17.8 Å². The van der Waals surface area contributed by atoms with E-state index in [1.807, 2.05) is 6.07 Å². The van der Waals surface area contributed by atoms with Gasteiger partial charge in [0.05, 0.1) is 25.0 Å². The Balaban J connectivity index is 2.17. The first kappa shape index (κ1) is 15.5. The van der Waals surface area contributed by atoms with E-state index in [1.165, 1.54) is 19.4 Å². The highest BCUT2D eigenvalue weighted by Crippen LogP contribution is 2.29. The number of nitrogens with one attached hydrogen (secondary N) is 2. The fraction of sp³-hybridized carbons (Fsp3) is 0.118. The number of esters is 1. The first-order valence-electron chi connectivity index (χ1n) is 7.15. The van der Waals surface area contributed by atoms with Crippen molar-refractivity contribution in [1.82, 2.24) is 10.6 Å². The number of rotatable bonds is 4. The largest absolute Gasteiger partial charge is 0.464 e. The minimum Gasteiger partial charge on any atom is -0.464 e. The molecule has 0 unspecified atom stereocenters. The van der Waals surface area contributed by atoms with Gasteiger partial charge in [0, 0.05) is 0 Å². The summed E-state index contributed by atoms with van der Waals surface area (Å²) < 4.78 is 9.84. The molecule has 7 heteroatoms. The number of ketones is 1. The van der Waals surface area contributed by atoms with E-state index >= 15 is 0 Å². The van der Waals surface area contributed by atoms with E-state index < -0.39 is 23.8 Å². The maximum Gasteiger partial charge on any atom is 0.355 e. The van der Waals surface area contributed by atoms with Crippen molar-refractivity contribution < 1.29 is 23.5 Å². The molecule has 0 radical (unpaired) electrons. The number of carbonyl (C=O) groups is 3. The van der Waals surface area contributed by atoms with E-state index in [0.29, 0.717) is 5.56 Å². The molecule has 0 saturated heterocycles. The number of amides is 2. The number of hydrogen-bond acceptors (Lipinski definition) is 5. The van der Waals surface area contributed by atoms with Gasteiger partial charge in [0.1, 0.15) is 5.70 Å². The highest BCUT2D eigenvalue weighted by Gasteiger charge is 2.37. The zero-order valence-electron chi connectivity index (χ0n) is 12.7. The van der Waals surface area contributed by atoms with Crippen molar-refractivity contribution in [2.24, 2.45) is 0 Å². The molecule has 2 amide bonds. The maximum atomic E-state index is 12.8. The standard InChI is InChI=1S/C17H14N2O5/c1-23-16(21)14-12(15(20)11-8-5-9-24-11)13(18-17(22)19-14)10-6-3-2-4-7-10/h2-9,13H,1H3,(H2,18,19,22)/t13-/m0/s1. The number of hydrogen-bond donors (Lipinski definition) is 2. The second-order valence-corrected chi connectivity index (χ2v) is 5.03. The molecule has 122 valence electrons. The lowest BCUT2D eigenvalue weighted by Crippen LogP contribution is -2.47. The van der Waals surface area contributed by atoms with Gasteiger partial charge in [-0.25, -0.2) is 9.59 Å². The monoisotopic (exact) mass is 326 g/mol. The summed E-state index contributed by atoms with van der Waals surface area (Å²) in [5, 5.41) is 5.01. The van der Waals surface area contributed by atoms with Crippen LogP contribution in [-0.4, -0.2) is 24.9 Å². The van der Waals surface area contributed by atoms with E-state index in [1.54, 1.807) is 30.3 Å². The molecule has 2 heterocycles. The number of urea groups is 1. The fourth-order valence-electron chi connectivity index (χ4n) is 2.51. The summed E-state index contributed by atoms with van der Waals surface area (Å²) in [5.41, 5.74) is 0.516. The van der Waals surface area contributed by atoms with E-state index in [-0.39, 0.29) is 17.0 Å². The van der Waals surface area contributed by atoms with Crippen molar-refractivity contribution in [1.29, 1.82) is 0 Å². The Labute approximate surface area is 137 Å². The third-order valence-electron chi connectivity index (χ3n) is 3.58. The zero-order valence-corrected chi connectivity index (χ0v) is 12.7. The highest BCUT2D eigenvalue weighted by atomic mass is 16.5. The van der Waals surface area contributed by atoms with Gasteiger partial charge in [-0.15, -0.1) is 0 Å². The number of furan rings is 1. The van der Waals surface area contributed by atoms with Crippen LogP contribution < -0.4 is 10.6 Å². The highest BCUT2D eigenvalue weighted by molar-refractivity contribution is 6.14. The van der Waals surface area contributed by atoms with E-state index in [0.717, 1.165) is 0 Å². The number of carbonyl (C=O) groups excluding carboxylic acids is 3. The van der Waals surface area contributed by atoms with Crippen LogP contribution in [0.4, 0.5) is 4.79 Å². The van der Waals surface area contributed by atoms with Gasteiger partial charge in [-0.3, -0.25) is 4.79 Å². The summed E-state index contributed by atoms with van der Waals surface area (Å²) in [6.45, 7) is 0. The van der Waals surface area contributed by atoms with Crippen molar-refractivity contribution in [3.8, 4) is 0 Å². The smallest absolute Gasteiger partial charge is 0.355 e. The van der Waals surface area contributed by atoms with Gasteiger partial charge in [0.25, 0.3) is 0 Å². The van der Waals surface area contributed by atoms with Crippen LogP contribution in [0.1, 0.15) is 22.2 Å². The minimum absolute atomic E-state index is 0.0580. The average Bonchev–Trinajstić information content (AvgIpc) is 3.15. The third kappa shape index (κ3) is 2.79. The zero-order chi connectivity index (χ0) is 17.1. The molecule has 1 aromatic heterocycles. The molecular formula is C17H14N2O5. The van der Waals surface area contributed by atoms with Gasteiger partial charge in [-0.1, -0.05) is 30.3 Å². The number of benzene rings is 1. The topological polar surface area (TPSA) is 97.6 Å². The summed E-state index contributed by atoms with van der Waals surface area (Å²) in [7, 11) is 1.18. The molecule has 1 aliphatic rings. The molecule has 24 heavy (non-hydrogen) atoms. The molecule has 0 bridgehead atoms. The molecule has 1 aliphatic heterocycles. The quantitative estimate of drug-likeness (QED) is 0.661. The van der Waals surface area contributed by atoms with Crippen LogP contribution in [0.15, 0.2) is 64.4 Å². The van der Waals surface area contributed by atoms with E-state index in [2.05, 4.69) is 10.6 Å². The summed E-state index contributed by atoms with van der Waals surface area (Å²) >= 11 is 0. The van der Waals surface area contributed by atoms with Gasteiger partial charge in [-0.2, -0.15) is 0 Å². The first-order valence-corrected chi connectivity index (χ1v) is 7.15.